The minimum absolute atomic E-state index is 0.433. The summed E-state index contributed by atoms with van der Waals surface area (Å²) in [4.78, 5) is 0. The number of thiocarbonyl (C=S) groups is 1. The average molecular weight is 308 g/mol. The molecular formula is C17H16N4S. The van der Waals surface area contributed by atoms with Crippen molar-refractivity contribution >= 4 is 29.2 Å². The first kappa shape index (κ1) is 15.7. The Morgan fingerprint density at radius 2 is 1.77 bits per heavy atom. The van der Waals surface area contributed by atoms with Gasteiger partial charge in [0.2, 0.25) is 0 Å². The summed E-state index contributed by atoms with van der Waals surface area (Å²) in [6.07, 6.45) is 1.65. The van der Waals surface area contributed by atoms with Gasteiger partial charge in [-0.3, -0.25) is 5.43 Å². The lowest BCUT2D eigenvalue weighted by Crippen LogP contribution is -2.24. The molecule has 0 heterocycles. The Labute approximate surface area is 135 Å². The van der Waals surface area contributed by atoms with E-state index in [-0.39, 0.29) is 0 Å². The number of benzene rings is 2. The second-order valence-electron chi connectivity index (χ2n) is 4.82. The highest BCUT2D eigenvalue weighted by Gasteiger charge is 2.03. The van der Waals surface area contributed by atoms with Crippen LogP contribution in [0.4, 0.5) is 5.69 Å². The summed E-state index contributed by atoms with van der Waals surface area (Å²) in [7, 11) is 0. The van der Waals surface area contributed by atoms with Crippen LogP contribution < -0.4 is 10.7 Å². The summed E-state index contributed by atoms with van der Waals surface area (Å²) in [5.74, 6) is 0. The van der Waals surface area contributed by atoms with Crippen LogP contribution in [0.5, 0.6) is 0 Å². The van der Waals surface area contributed by atoms with Crippen LogP contribution in [-0.2, 0) is 0 Å². The van der Waals surface area contributed by atoms with Crippen molar-refractivity contribution in [3.05, 3.63) is 64.7 Å². The Kier molecular flexibility index (Phi) is 5.23. The molecule has 2 N–H and O–H groups in total. The van der Waals surface area contributed by atoms with Gasteiger partial charge in [-0.25, -0.2) is 0 Å². The van der Waals surface area contributed by atoms with E-state index in [1.165, 1.54) is 0 Å². The second kappa shape index (κ2) is 7.34. The van der Waals surface area contributed by atoms with Crippen LogP contribution in [0.2, 0.25) is 0 Å². The van der Waals surface area contributed by atoms with Crippen molar-refractivity contribution in [3.63, 3.8) is 0 Å². The van der Waals surface area contributed by atoms with Crippen molar-refractivity contribution in [2.45, 2.75) is 13.8 Å². The van der Waals surface area contributed by atoms with E-state index in [1.807, 2.05) is 44.2 Å². The third-order valence-corrected chi connectivity index (χ3v) is 3.33. The molecule has 0 unspecified atom stereocenters. The number of aryl methyl sites for hydroxylation is 2. The fraction of sp³-hybridized carbons (Fsp3) is 0.118. The largest absolute Gasteiger partial charge is 0.331 e. The molecule has 0 bridgehead atoms. The highest BCUT2D eigenvalue weighted by molar-refractivity contribution is 7.80. The van der Waals surface area contributed by atoms with Gasteiger partial charge in [-0.15, -0.1) is 0 Å². The van der Waals surface area contributed by atoms with Gasteiger partial charge in [0.1, 0.15) is 0 Å². The fourth-order valence-corrected chi connectivity index (χ4v) is 2.12. The molecule has 4 nitrogen and oxygen atoms in total. The van der Waals surface area contributed by atoms with Crippen molar-refractivity contribution in [2.75, 3.05) is 5.32 Å². The Morgan fingerprint density at radius 1 is 1.14 bits per heavy atom. The third kappa shape index (κ3) is 4.14. The van der Waals surface area contributed by atoms with E-state index in [1.54, 1.807) is 18.3 Å². The van der Waals surface area contributed by atoms with Crippen LogP contribution in [0.1, 0.15) is 22.3 Å². The van der Waals surface area contributed by atoms with Crippen molar-refractivity contribution in [1.29, 1.82) is 5.26 Å². The maximum atomic E-state index is 8.74. The molecule has 110 valence electrons. The van der Waals surface area contributed by atoms with Gasteiger partial charge in [-0.2, -0.15) is 10.4 Å². The zero-order valence-corrected chi connectivity index (χ0v) is 13.2. The fourth-order valence-electron chi connectivity index (χ4n) is 1.96. The first-order valence-electron chi connectivity index (χ1n) is 6.76. The number of anilines is 1. The predicted octanol–water partition coefficient (Wildman–Crippen LogP) is 3.50. The van der Waals surface area contributed by atoms with Crippen LogP contribution in [0.25, 0.3) is 0 Å². The van der Waals surface area contributed by atoms with Crippen molar-refractivity contribution < 1.29 is 0 Å². The molecule has 0 saturated carbocycles. The van der Waals surface area contributed by atoms with Gasteiger partial charge in [0.25, 0.3) is 0 Å². The van der Waals surface area contributed by atoms with Gasteiger partial charge in [0.15, 0.2) is 5.11 Å². The molecule has 5 heteroatoms. The molecule has 0 spiro atoms. The van der Waals surface area contributed by atoms with E-state index in [9.17, 15) is 0 Å². The van der Waals surface area contributed by atoms with Crippen LogP contribution in [0.3, 0.4) is 0 Å². The average Bonchev–Trinajstić information content (AvgIpc) is 2.52. The standard InChI is InChI=1S/C17H16N4S/c1-12-4-3-5-13(2)16(12)20-17(22)21-19-11-15-8-6-14(10-18)7-9-15/h3-9,11H,1-2H3,(H2,20,21,22)/b19-11-. The third-order valence-electron chi connectivity index (χ3n) is 3.14. The SMILES string of the molecule is Cc1cccc(C)c1NC(=S)N/N=C\c1ccc(C#N)cc1. The molecule has 0 saturated heterocycles. The minimum Gasteiger partial charge on any atom is -0.331 e. The van der Waals surface area contributed by atoms with Gasteiger partial charge >= 0.3 is 0 Å². The molecule has 2 aromatic rings. The molecule has 2 rings (SSSR count). The Hall–Kier alpha value is -2.71. The maximum Gasteiger partial charge on any atom is 0.191 e. The number of nitrogens with zero attached hydrogens (tertiary/aromatic N) is 2. The number of para-hydroxylation sites is 1. The normalized spacial score (nSPS) is 10.2. The molecule has 0 aliphatic rings. The van der Waals surface area contributed by atoms with E-state index in [0.29, 0.717) is 10.7 Å². The number of nitrogens with one attached hydrogen (secondary N) is 2. The van der Waals surface area contributed by atoms with E-state index < -0.39 is 0 Å². The molecule has 0 aliphatic heterocycles. The van der Waals surface area contributed by atoms with Crippen molar-refractivity contribution in [3.8, 4) is 6.07 Å². The summed E-state index contributed by atoms with van der Waals surface area (Å²) in [6.45, 7) is 4.05. The zero-order chi connectivity index (χ0) is 15.9. The highest BCUT2D eigenvalue weighted by Crippen LogP contribution is 2.19. The van der Waals surface area contributed by atoms with Gasteiger partial charge in [-0.1, -0.05) is 30.3 Å². The Bertz CT molecular complexity index is 722. The Morgan fingerprint density at radius 3 is 2.36 bits per heavy atom. The van der Waals surface area contributed by atoms with Crippen LogP contribution in [0, 0.1) is 25.2 Å². The number of hydrogen-bond donors (Lipinski definition) is 2. The van der Waals surface area contributed by atoms with Gasteiger partial charge in [0.05, 0.1) is 17.8 Å². The summed E-state index contributed by atoms with van der Waals surface area (Å²) in [5.41, 5.74) is 7.54. The van der Waals surface area contributed by atoms with Crippen LogP contribution in [0.15, 0.2) is 47.6 Å². The van der Waals surface area contributed by atoms with E-state index in [0.717, 1.165) is 22.4 Å². The van der Waals surface area contributed by atoms with E-state index in [4.69, 9.17) is 17.5 Å². The van der Waals surface area contributed by atoms with Crippen molar-refractivity contribution in [1.82, 2.24) is 5.43 Å². The molecule has 0 amide bonds. The summed E-state index contributed by atoms with van der Waals surface area (Å²) in [5, 5.41) is 16.4. The molecule has 22 heavy (non-hydrogen) atoms. The number of hydrazone groups is 1. The van der Waals surface area contributed by atoms with Crippen LogP contribution in [-0.4, -0.2) is 11.3 Å². The first-order valence-corrected chi connectivity index (χ1v) is 7.17. The second-order valence-corrected chi connectivity index (χ2v) is 5.23. The van der Waals surface area contributed by atoms with Gasteiger partial charge < -0.3 is 5.32 Å². The monoisotopic (exact) mass is 308 g/mol. The topological polar surface area (TPSA) is 60.2 Å². The molecule has 0 aromatic heterocycles. The van der Waals surface area contributed by atoms with E-state index in [2.05, 4.69) is 21.9 Å². The molecule has 2 aromatic carbocycles. The molecule has 0 aliphatic carbocycles. The number of hydrogen-bond acceptors (Lipinski definition) is 3. The molecule has 0 fully saturated rings. The maximum absolute atomic E-state index is 8.74. The van der Waals surface area contributed by atoms with E-state index >= 15 is 0 Å². The number of rotatable bonds is 3. The van der Waals surface area contributed by atoms with Gasteiger partial charge in [0, 0.05) is 5.69 Å². The zero-order valence-electron chi connectivity index (χ0n) is 12.4. The molecule has 0 radical (unpaired) electrons. The predicted molar refractivity (Wildman–Crippen MR) is 94.0 cm³/mol. The lowest BCUT2D eigenvalue weighted by atomic mass is 10.1. The molecule has 0 atom stereocenters. The van der Waals surface area contributed by atoms with Gasteiger partial charge in [-0.05, 0) is 54.9 Å². The quantitative estimate of drug-likeness (QED) is 0.517. The summed E-state index contributed by atoms with van der Waals surface area (Å²) >= 11 is 5.23. The summed E-state index contributed by atoms with van der Waals surface area (Å²) in [6, 6.07) is 15.3. The highest BCUT2D eigenvalue weighted by atomic mass is 32.1. The summed E-state index contributed by atoms with van der Waals surface area (Å²) < 4.78 is 0. The molecular weight excluding hydrogens is 292 g/mol. The lowest BCUT2D eigenvalue weighted by Gasteiger charge is -2.12. The first-order chi connectivity index (χ1) is 10.6. The van der Waals surface area contributed by atoms with Crippen molar-refractivity contribution in [2.24, 2.45) is 5.10 Å². The van der Waals surface area contributed by atoms with Crippen LogP contribution >= 0.6 is 12.2 Å². The minimum atomic E-state index is 0.433. The smallest absolute Gasteiger partial charge is 0.191 e. The lowest BCUT2D eigenvalue weighted by molar-refractivity contribution is 1.05. The number of nitriles is 1. The Balaban J connectivity index is 1.95.